The van der Waals surface area contributed by atoms with E-state index in [9.17, 15) is 0 Å². The standard InChI is InChI=1S/C52H34N2S/c1-4-14-35(15-5-1)37-26-28-38(29-27-37)45-32-44(36-16-6-2-7-17-36)33-46(34-45)42-22-12-20-40(30-42)41-21-13-23-43(31-41)52-53-49(39-18-8-3-9-19-39)51-50(54-52)47-24-10-11-25-48(47)55-51/h1-34H. The third-order valence-corrected chi connectivity index (χ3v) is 11.4. The van der Waals surface area contributed by atoms with Crippen molar-refractivity contribution in [3.05, 3.63) is 206 Å². The normalized spacial score (nSPS) is 11.3. The number of thiophene rings is 1. The van der Waals surface area contributed by atoms with Crippen LogP contribution in [-0.4, -0.2) is 9.97 Å². The second kappa shape index (κ2) is 14.1. The van der Waals surface area contributed by atoms with Gasteiger partial charge in [-0.05, 0) is 92.0 Å². The van der Waals surface area contributed by atoms with Gasteiger partial charge in [0, 0.05) is 21.2 Å². The first-order chi connectivity index (χ1) is 27.2. The maximum atomic E-state index is 5.24. The summed E-state index contributed by atoms with van der Waals surface area (Å²) in [4.78, 5) is 10.5. The number of benzene rings is 8. The van der Waals surface area contributed by atoms with E-state index in [1.54, 1.807) is 11.3 Å². The largest absolute Gasteiger partial charge is 0.226 e. The van der Waals surface area contributed by atoms with E-state index in [-0.39, 0.29) is 0 Å². The van der Waals surface area contributed by atoms with Crippen molar-refractivity contribution in [3.8, 4) is 78.3 Å². The minimum atomic E-state index is 0.728. The topological polar surface area (TPSA) is 25.8 Å². The van der Waals surface area contributed by atoms with Gasteiger partial charge in [0.25, 0.3) is 0 Å². The second-order valence-electron chi connectivity index (χ2n) is 13.8. The van der Waals surface area contributed by atoms with E-state index in [1.165, 1.54) is 43.6 Å². The van der Waals surface area contributed by atoms with Crippen LogP contribution in [0.2, 0.25) is 0 Å². The molecule has 0 bridgehead atoms. The molecule has 0 aliphatic heterocycles. The third kappa shape index (κ3) is 6.41. The lowest BCUT2D eigenvalue weighted by molar-refractivity contribution is 1.24. The zero-order valence-electron chi connectivity index (χ0n) is 29.9. The fourth-order valence-electron chi connectivity index (χ4n) is 7.47. The van der Waals surface area contributed by atoms with E-state index in [0.717, 1.165) is 54.9 Å². The quantitative estimate of drug-likeness (QED) is 0.164. The average molecular weight is 719 g/mol. The molecule has 10 rings (SSSR count). The van der Waals surface area contributed by atoms with Gasteiger partial charge in [-0.25, -0.2) is 9.97 Å². The Labute approximate surface area is 324 Å². The van der Waals surface area contributed by atoms with Crippen LogP contribution in [0.25, 0.3) is 98.6 Å². The van der Waals surface area contributed by atoms with Crippen LogP contribution < -0.4 is 0 Å². The average Bonchev–Trinajstić information content (AvgIpc) is 3.66. The van der Waals surface area contributed by atoms with Crippen molar-refractivity contribution in [2.75, 3.05) is 0 Å². The highest BCUT2D eigenvalue weighted by molar-refractivity contribution is 7.26. The number of aromatic nitrogens is 2. The van der Waals surface area contributed by atoms with Gasteiger partial charge in [0.15, 0.2) is 5.82 Å². The van der Waals surface area contributed by atoms with E-state index < -0.39 is 0 Å². The first-order valence-electron chi connectivity index (χ1n) is 18.6. The lowest BCUT2D eigenvalue weighted by Crippen LogP contribution is -1.94. The fraction of sp³-hybridized carbons (Fsp3) is 0. The van der Waals surface area contributed by atoms with Crippen LogP contribution in [0, 0.1) is 0 Å². The fourth-order valence-corrected chi connectivity index (χ4v) is 8.63. The van der Waals surface area contributed by atoms with Crippen LogP contribution in [0.3, 0.4) is 0 Å². The molecule has 0 saturated heterocycles. The molecule has 0 saturated carbocycles. The van der Waals surface area contributed by atoms with E-state index in [2.05, 4.69) is 200 Å². The Kier molecular flexibility index (Phi) is 8.40. The molecule has 0 radical (unpaired) electrons. The predicted octanol–water partition coefficient (Wildman–Crippen LogP) is 14.5. The van der Waals surface area contributed by atoms with Crippen molar-refractivity contribution in [1.82, 2.24) is 9.97 Å². The molecule has 0 aliphatic carbocycles. The van der Waals surface area contributed by atoms with Gasteiger partial charge >= 0.3 is 0 Å². The van der Waals surface area contributed by atoms with E-state index in [1.807, 2.05) is 6.07 Å². The molecular formula is C52H34N2S. The minimum absolute atomic E-state index is 0.728. The van der Waals surface area contributed by atoms with Gasteiger partial charge in [0.05, 0.1) is 15.9 Å². The summed E-state index contributed by atoms with van der Waals surface area (Å²) < 4.78 is 2.33. The van der Waals surface area contributed by atoms with Gasteiger partial charge < -0.3 is 0 Å². The molecule has 0 unspecified atom stereocenters. The highest BCUT2D eigenvalue weighted by Crippen LogP contribution is 2.40. The molecular weight excluding hydrogens is 685 g/mol. The molecule has 3 heteroatoms. The molecule has 0 N–H and O–H groups in total. The number of nitrogens with zero attached hydrogens (tertiary/aromatic N) is 2. The Hall–Kier alpha value is -6.94. The van der Waals surface area contributed by atoms with Gasteiger partial charge in [0.2, 0.25) is 0 Å². The van der Waals surface area contributed by atoms with Crippen LogP contribution in [0.4, 0.5) is 0 Å². The summed E-state index contributed by atoms with van der Waals surface area (Å²) in [5.74, 6) is 0.728. The SMILES string of the molecule is c1ccc(-c2ccc(-c3cc(-c4ccccc4)cc(-c4cccc(-c5cccc(-c6nc(-c7ccccc7)c7sc8ccccc8c7n6)c5)c4)c3)cc2)cc1. The summed E-state index contributed by atoms with van der Waals surface area (Å²) >= 11 is 1.76. The van der Waals surface area contributed by atoms with Crippen molar-refractivity contribution < 1.29 is 0 Å². The number of hydrogen-bond donors (Lipinski definition) is 0. The molecule has 0 amide bonds. The van der Waals surface area contributed by atoms with E-state index >= 15 is 0 Å². The Morgan fingerprint density at radius 1 is 0.291 bits per heavy atom. The third-order valence-electron chi connectivity index (χ3n) is 10.3. The molecule has 0 atom stereocenters. The van der Waals surface area contributed by atoms with Gasteiger partial charge in [-0.15, -0.1) is 11.3 Å². The Morgan fingerprint density at radius 3 is 1.31 bits per heavy atom. The van der Waals surface area contributed by atoms with Crippen molar-refractivity contribution >= 4 is 31.6 Å². The zero-order chi connectivity index (χ0) is 36.6. The highest BCUT2D eigenvalue weighted by atomic mass is 32.1. The van der Waals surface area contributed by atoms with Gasteiger partial charge in [-0.3, -0.25) is 0 Å². The van der Waals surface area contributed by atoms with Gasteiger partial charge in [0.1, 0.15) is 0 Å². The van der Waals surface area contributed by atoms with Gasteiger partial charge in [-0.2, -0.15) is 0 Å². The summed E-state index contributed by atoms with van der Waals surface area (Å²) in [5.41, 5.74) is 15.8. The molecule has 258 valence electrons. The van der Waals surface area contributed by atoms with Crippen LogP contribution in [-0.2, 0) is 0 Å². The second-order valence-corrected chi connectivity index (χ2v) is 14.9. The predicted molar refractivity (Wildman–Crippen MR) is 233 cm³/mol. The molecule has 0 spiro atoms. The summed E-state index contributed by atoms with van der Waals surface area (Å²) in [5, 5.41) is 1.16. The monoisotopic (exact) mass is 718 g/mol. The zero-order valence-corrected chi connectivity index (χ0v) is 30.7. The lowest BCUT2D eigenvalue weighted by atomic mass is 9.91. The van der Waals surface area contributed by atoms with Gasteiger partial charge in [-0.1, -0.05) is 170 Å². The molecule has 2 aromatic heterocycles. The van der Waals surface area contributed by atoms with Crippen molar-refractivity contribution in [2.24, 2.45) is 0 Å². The summed E-state index contributed by atoms with van der Waals surface area (Å²) in [6.07, 6.45) is 0. The summed E-state index contributed by atoms with van der Waals surface area (Å²) in [6.45, 7) is 0. The lowest BCUT2D eigenvalue weighted by Gasteiger charge is -2.13. The summed E-state index contributed by atoms with van der Waals surface area (Å²) in [7, 11) is 0. The maximum absolute atomic E-state index is 5.24. The Bertz CT molecular complexity index is 2950. The molecule has 55 heavy (non-hydrogen) atoms. The molecule has 8 aromatic carbocycles. The minimum Gasteiger partial charge on any atom is -0.226 e. The first-order valence-corrected chi connectivity index (χ1v) is 19.4. The van der Waals surface area contributed by atoms with Crippen molar-refractivity contribution in [3.63, 3.8) is 0 Å². The van der Waals surface area contributed by atoms with E-state index in [4.69, 9.17) is 9.97 Å². The smallest absolute Gasteiger partial charge is 0.160 e. The number of hydrogen-bond acceptors (Lipinski definition) is 3. The van der Waals surface area contributed by atoms with Crippen LogP contribution in [0.15, 0.2) is 206 Å². The molecule has 2 nitrogen and oxygen atoms in total. The Morgan fingerprint density at radius 2 is 0.691 bits per heavy atom. The molecule has 10 aromatic rings. The Balaban J connectivity index is 1.05. The van der Waals surface area contributed by atoms with Crippen LogP contribution in [0.5, 0.6) is 0 Å². The first kappa shape index (κ1) is 32.7. The highest BCUT2D eigenvalue weighted by Gasteiger charge is 2.17. The number of fused-ring (bicyclic) bond motifs is 3. The van der Waals surface area contributed by atoms with Crippen molar-refractivity contribution in [2.45, 2.75) is 0 Å². The molecule has 0 fully saturated rings. The molecule has 2 heterocycles. The van der Waals surface area contributed by atoms with E-state index in [0.29, 0.717) is 0 Å². The van der Waals surface area contributed by atoms with Crippen LogP contribution >= 0.6 is 11.3 Å². The molecule has 0 aliphatic rings. The summed E-state index contributed by atoms with van der Waals surface area (Å²) in [6, 6.07) is 73.5. The van der Waals surface area contributed by atoms with Crippen molar-refractivity contribution in [1.29, 1.82) is 0 Å². The number of rotatable bonds is 7. The maximum Gasteiger partial charge on any atom is 0.160 e. The van der Waals surface area contributed by atoms with Crippen LogP contribution in [0.1, 0.15) is 0 Å².